The molecule has 1 saturated carbocycles. The van der Waals surface area contributed by atoms with Crippen molar-refractivity contribution in [3.8, 4) is 0 Å². The Bertz CT molecular complexity index is 376. The number of carboxylic acids is 1. The van der Waals surface area contributed by atoms with E-state index in [9.17, 15) is 19.5 Å². The number of primary amides is 1. The van der Waals surface area contributed by atoms with Crippen LogP contribution in [0.1, 0.15) is 44.9 Å². The second-order valence-electron chi connectivity index (χ2n) is 5.49. The molecule has 7 heteroatoms. The molecular formula is C13H23N3O4. The average Bonchev–Trinajstić information content (AvgIpc) is 2.61. The van der Waals surface area contributed by atoms with E-state index in [1.807, 2.05) is 0 Å². The van der Waals surface area contributed by atoms with Crippen molar-refractivity contribution in [2.75, 3.05) is 6.54 Å². The number of nitrogens with two attached hydrogens (primary N) is 2. The third kappa shape index (κ3) is 4.48. The zero-order valence-corrected chi connectivity index (χ0v) is 11.6. The minimum absolute atomic E-state index is 0.0492. The van der Waals surface area contributed by atoms with Crippen LogP contribution in [0.2, 0.25) is 0 Å². The summed E-state index contributed by atoms with van der Waals surface area (Å²) in [4.78, 5) is 34.0. The maximum Gasteiger partial charge on any atom is 0.311 e. The number of carbonyl (C=O) groups excluding carboxylic acids is 2. The van der Waals surface area contributed by atoms with E-state index in [2.05, 4.69) is 5.32 Å². The van der Waals surface area contributed by atoms with E-state index < -0.39 is 29.2 Å². The molecule has 2 amide bonds. The summed E-state index contributed by atoms with van der Waals surface area (Å²) < 4.78 is 0. The van der Waals surface area contributed by atoms with Gasteiger partial charge < -0.3 is 21.9 Å². The normalized spacial score (nSPS) is 19.6. The number of hydrogen-bond donors (Lipinski definition) is 4. The van der Waals surface area contributed by atoms with E-state index in [0.29, 0.717) is 12.8 Å². The molecule has 1 fully saturated rings. The van der Waals surface area contributed by atoms with Gasteiger partial charge in [0, 0.05) is 6.54 Å². The maximum atomic E-state index is 11.7. The highest BCUT2D eigenvalue weighted by atomic mass is 16.4. The van der Waals surface area contributed by atoms with Gasteiger partial charge in [-0.2, -0.15) is 0 Å². The van der Waals surface area contributed by atoms with E-state index in [1.54, 1.807) is 0 Å². The highest BCUT2D eigenvalue weighted by Gasteiger charge is 2.39. The number of carboxylic acid groups (broad SMARTS) is 1. The molecule has 0 aromatic carbocycles. The molecule has 1 aliphatic carbocycles. The minimum atomic E-state index is -1.02. The van der Waals surface area contributed by atoms with Crippen LogP contribution in [0, 0.1) is 5.41 Å². The molecule has 114 valence electrons. The second-order valence-corrected chi connectivity index (χ2v) is 5.49. The van der Waals surface area contributed by atoms with Gasteiger partial charge in [-0.25, -0.2) is 0 Å². The minimum Gasteiger partial charge on any atom is -0.481 e. The zero-order valence-electron chi connectivity index (χ0n) is 11.6. The summed E-state index contributed by atoms with van der Waals surface area (Å²) in [6.07, 6.45) is 4.58. The van der Waals surface area contributed by atoms with Crippen LogP contribution >= 0.6 is 0 Å². The first kappa shape index (κ1) is 16.4. The largest absolute Gasteiger partial charge is 0.481 e. The Morgan fingerprint density at radius 3 is 2.15 bits per heavy atom. The maximum absolute atomic E-state index is 11.7. The Kier molecular flexibility index (Phi) is 5.94. The van der Waals surface area contributed by atoms with Crippen LogP contribution in [0.25, 0.3) is 0 Å². The van der Waals surface area contributed by atoms with E-state index in [0.717, 1.165) is 25.7 Å². The monoisotopic (exact) mass is 285 g/mol. The smallest absolute Gasteiger partial charge is 0.311 e. The first-order valence-electron chi connectivity index (χ1n) is 6.92. The summed E-state index contributed by atoms with van der Waals surface area (Å²) >= 11 is 0. The molecule has 0 aromatic rings. The number of rotatable bonds is 6. The molecule has 1 rings (SSSR count). The van der Waals surface area contributed by atoms with Crippen molar-refractivity contribution in [2.24, 2.45) is 16.9 Å². The predicted molar refractivity (Wildman–Crippen MR) is 72.6 cm³/mol. The molecule has 0 radical (unpaired) electrons. The lowest BCUT2D eigenvalue weighted by atomic mass is 9.80. The summed E-state index contributed by atoms with van der Waals surface area (Å²) in [7, 11) is 0. The standard InChI is InChI=1S/C13H23N3O4/c14-9(7-10(15)17)11(18)16-8-13(12(19)20)5-3-1-2-4-6-13/h9H,1-8,14H2,(H2,15,17)(H,16,18)(H,19,20). The molecule has 7 nitrogen and oxygen atoms in total. The Balaban J connectivity index is 2.60. The lowest BCUT2D eigenvalue weighted by Crippen LogP contribution is -2.49. The third-order valence-corrected chi connectivity index (χ3v) is 3.87. The van der Waals surface area contributed by atoms with E-state index in [-0.39, 0.29) is 13.0 Å². The Morgan fingerprint density at radius 1 is 1.15 bits per heavy atom. The molecular weight excluding hydrogens is 262 g/mol. The number of aliphatic carboxylic acids is 1. The summed E-state index contributed by atoms with van der Waals surface area (Å²) in [6.45, 7) is 0.0492. The third-order valence-electron chi connectivity index (χ3n) is 3.87. The van der Waals surface area contributed by atoms with Crippen LogP contribution in [-0.2, 0) is 14.4 Å². The van der Waals surface area contributed by atoms with Gasteiger partial charge in [-0.05, 0) is 12.8 Å². The van der Waals surface area contributed by atoms with Gasteiger partial charge in [0.25, 0.3) is 0 Å². The lowest BCUT2D eigenvalue weighted by Gasteiger charge is -2.28. The first-order chi connectivity index (χ1) is 9.37. The van der Waals surface area contributed by atoms with Gasteiger partial charge >= 0.3 is 5.97 Å². The topological polar surface area (TPSA) is 136 Å². The molecule has 0 aliphatic heterocycles. The molecule has 0 spiro atoms. The molecule has 6 N–H and O–H groups in total. The number of carbonyl (C=O) groups is 3. The quantitative estimate of drug-likeness (QED) is 0.498. The van der Waals surface area contributed by atoms with Gasteiger partial charge in [-0.15, -0.1) is 0 Å². The summed E-state index contributed by atoms with van der Waals surface area (Å²) in [5.41, 5.74) is 9.58. The number of amides is 2. The van der Waals surface area contributed by atoms with Crippen molar-refractivity contribution in [1.29, 1.82) is 0 Å². The molecule has 1 atom stereocenters. The molecule has 1 unspecified atom stereocenters. The Morgan fingerprint density at radius 2 is 1.70 bits per heavy atom. The fraction of sp³-hybridized carbons (Fsp3) is 0.769. The molecule has 0 saturated heterocycles. The number of hydrogen-bond acceptors (Lipinski definition) is 4. The highest BCUT2D eigenvalue weighted by molar-refractivity contribution is 5.88. The Hall–Kier alpha value is -1.63. The van der Waals surface area contributed by atoms with Crippen molar-refractivity contribution in [1.82, 2.24) is 5.32 Å². The first-order valence-corrected chi connectivity index (χ1v) is 6.92. The summed E-state index contributed by atoms with van der Waals surface area (Å²) in [5.74, 6) is -2.08. The van der Waals surface area contributed by atoms with Gasteiger partial charge in [0.2, 0.25) is 11.8 Å². The number of nitrogens with one attached hydrogen (secondary N) is 1. The van der Waals surface area contributed by atoms with Crippen molar-refractivity contribution in [3.05, 3.63) is 0 Å². The van der Waals surface area contributed by atoms with Gasteiger partial charge in [0.15, 0.2) is 0 Å². The van der Waals surface area contributed by atoms with Crippen molar-refractivity contribution >= 4 is 17.8 Å². The molecule has 1 aliphatic rings. The van der Waals surface area contributed by atoms with Crippen molar-refractivity contribution in [2.45, 2.75) is 51.0 Å². The van der Waals surface area contributed by atoms with Gasteiger partial charge in [0.1, 0.15) is 0 Å². The fourth-order valence-electron chi connectivity index (χ4n) is 2.57. The zero-order chi connectivity index (χ0) is 15.2. The Labute approximate surface area is 118 Å². The van der Waals surface area contributed by atoms with Crippen LogP contribution in [-0.4, -0.2) is 35.5 Å². The fourth-order valence-corrected chi connectivity index (χ4v) is 2.57. The van der Waals surface area contributed by atoms with Crippen LogP contribution in [0.5, 0.6) is 0 Å². The van der Waals surface area contributed by atoms with Crippen LogP contribution in [0.15, 0.2) is 0 Å². The van der Waals surface area contributed by atoms with E-state index in [4.69, 9.17) is 11.5 Å². The van der Waals surface area contributed by atoms with Gasteiger partial charge in [-0.1, -0.05) is 25.7 Å². The lowest BCUT2D eigenvalue weighted by molar-refractivity contribution is -0.150. The average molecular weight is 285 g/mol. The van der Waals surface area contributed by atoms with E-state index in [1.165, 1.54) is 0 Å². The van der Waals surface area contributed by atoms with Gasteiger partial charge in [-0.3, -0.25) is 14.4 Å². The van der Waals surface area contributed by atoms with Gasteiger partial charge in [0.05, 0.1) is 17.9 Å². The van der Waals surface area contributed by atoms with Crippen molar-refractivity contribution < 1.29 is 19.5 Å². The van der Waals surface area contributed by atoms with Crippen LogP contribution in [0.4, 0.5) is 0 Å². The van der Waals surface area contributed by atoms with E-state index >= 15 is 0 Å². The van der Waals surface area contributed by atoms with Crippen LogP contribution < -0.4 is 16.8 Å². The molecule has 0 aromatic heterocycles. The summed E-state index contributed by atoms with van der Waals surface area (Å²) in [6, 6.07) is -1.02. The molecule has 0 bridgehead atoms. The highest BCUT2D eigenvalue weighted by Crippen LogP contribution is 2.34. The van der Waals surface area contributed by atoms with Crippen LogP contribution in [0.3, 0.4) is 0 Å². The SMILES string of the molecule is NC(=O)CC(N)C(=O)NCC1(C(=O)O)CCCCCC1. The van der Waals surface area contributed by atoms with Crippen molar-refractivity contribution in [3.63, 3.8) is 0 Å². The second kappa shape index (κ2) is 7.23. The predicted octanol–water partition coefficient (Wildman–Crippen LogP) is -0.269. The molecule has 0 heterocycles. The molecule has 20 heavy (non-hydrogen) atoms. The summed E-state index contributed by atoms with van der Waals surface area (Å²) in [5, 5.41) is 12.0.